The van der Waals surface area contributed by atoms with Gasteiger partial charge < -0.3 is 15.8 Å². The van der Waals surface area contributed by atoms with E-state index in [-0.39, 0.29) is 0 Å². The quantitative estimate of drug-likeness (QED) is 0.410. The Balaban J connectivity index is 1.32. The first-order valence-electron chi connectivity index (χ1n) is 10.9. The van der Waals surface area contributed by atoms with Crippen molar-refractivity contribution in [3.8, 4) is 11.1 Å². The van der Waals surface area contributed by atoms with Crippen molar-refractivity contribution in [2.24, 2.45) is 0 Å². The summed E-state index contributed by atoms with van der Waals surface area (Å²) in [5.41, 5.74) is 16.2. The third-order valence-electron chi connectivity index (χ3n) is 6.24. The van der Waals surface area contributed by atoms with Gasteiger partial charge in [-0.1, -0.05) is 30.7 Å². The second-order valence-corrected chi connectivity index (χ2v) is 8.35. The van der Waals surface area contributed by atoms with Crippen molar-refractivity contribution in [1.29, 1.82) is 0 Å². The summed E-state index contributed by atoms with van der Waals surface area (Å²) >= 11 is 0. The number of hydrazine groups is 2. The maximum Gasteiger partial charge on any atom is 0.138 e. The lowest BCUT2D eigenvalue weighted by molar-refractivity contribution is 0.221. The molecule has 1 fully saturated rings. The molecular weight excluding hydrogens is 386 g/mol. The van der Waals surface area contributed by atoms with Crippen LogP contribution in [0.2, 0.25) is 0 Å². The van der Waals surface area contributed by atoms with Gasteiger partial charge in [-0.3, -0.25) is 9.88 Å². The van der Waals surface area contributed by atoms with E-state index in [2.05, 4.69) is 67.7 Å². The maximum absolute atomic E-state index is 4.69. The Morgan fingerprint density at radius 3 is 2.55 bits per heavy atom. The van der Waals surface area contributed by atoms with E-state index in [4.69, 9.17) is 4.98 Å². The zero-order valence-electron chi connectivity index (χ0n) is 17.3. The molecule has 0 atom stereocenters. The number of benzene rings is 1. The Kier molecular flexibility index (Phi) is 4.55. The Bertz CT molecular complexity index is 1270. The normalized spacial score (nSPS) is 17.0. The minimum atomic E-state index is 0.873. The van der Waals surface area contributed by atoms with Gasteiger partial charge in [0.05, 0.1) is 23.1 Å². The molecule has 7 nitrogen and oxygen atoms in total. The van der Waals surface area contributed by atoms with Crippen molar-refractivity contribution in [1.82, 2.24) is 36.2 Å². The standard InChI is InChI=1S/C24H25N7/c1-2-8-31(9-3-1)15-16-4-6-17(7-5-16)18-10-20-19-11-21(23-14-27-30-29-23)25-13-22(19)28-24(20)26-12-18/h4-7,10-14,27,29-30H,1-3,8-9,15H2,(H,26,28). The van der Waals surface area contributed by atoms with E-state index in [0.29, 0.717) is 0 Å². The van der Waals surface area contributed by atoms with Crippen molar-refractivity contribution in [2.45, 2.75) is 25.8 Å². The summed E-state index contributed by atoms with van der Waals surface area (Å²) in [6.45, 7) is 3.49. The second-order valence-electron chi connectivity index (χ2n) is 8.35. The first kappa shape index (κ1) is 18.4. The Hall–Kier alpha value is -3.42. The number of likely N-dealkylation sites (tertiary alicyclic amines) is 1. The van der Waals surface area contributed by atoms with Crippen LogP contribution in [0.5, 0.6) is 0 Å². The van der Waals surface area contributed by atoms with E-state index in [1.54, 1.807) is 0 Å². The molecule has 156 valence electrons. The van der Waals surface area contributed by atoms with Crippen LogP contribution in [0.15, 0.2) is 55.0 Å². The summed E-state index contributed by atoms with van der Waals surface area (Å²) in [5, 5.41) is 2.22. The summed E-state index contributed by atoms with van der Waals surface area (Å²) in [7, 11) is 0. The Morgan fingerprint density at radius 1 is 0.871 bits per heavy atom. The molecule has 4 N–H and O–H groups in total. The molecule has 4 aromatic rings. The molecular formula is C24H25N7. The van der Waals surface area contributed by atoms with Gasteiger partial charge in [-0.2, -0.15) is 5.53 Å². The van der Waals surface area contributed by atoms with Crippen molar-refractivity contribution in [3.05, 3.63) is 66.2 Å². The van der Waals surface area contributed by atoms with Crippen LogP contribution in [0, 0.1) is 0 Å². The summed E-state index contributed by atoms with van der Waals surface area (Å²) in [6, 6.07) is 13.3. The largest absolute Gasteiger partial charge is 0.338 e. The predicted molar refractivity (Wildman–Crippen MR) is 123 cm³/mol. The minimum Gasteiger partial charge on any atom is -0.338 e. The number of hydrogen-bond donors (Lipinski definition) is 4. The predicted octanol–water partition coefficient (Wildman–Crippen LogP) is 3.67. The number of piperidine rings is 1. The lowest BCUT2D eigenvalue weighted by Gasteiger charge is -2.26. The van der Waals surface area contributed by atoms with E-state index in [1.807, 2.05) is 18.6 Å². The first-order valence-corrected chi connectivity index (χ1v) is 10.9. The van der Waals surface area contributed by atoms with E-state index < -0.39 is 0 Å². The summed E-state index contributed by atoms with van der Waals surface area (Å²) < 4.78 is 0. The van der Waals surface area contributed by atoms with Crippen molar-refractivity contribution in [2.75, 3.05) is 13.1 Å². The number of nitrogens with one attached hydrogen (secondary N) is 4. The minimum absolute atomic E-state index is 0.873. The Labute approximate surface area is 180 Å². The monoisotopic (exact) mass is 411 g/mol. The molecule has 1 aromatic carbocycles. The molecule has 0 unspecified atom stereocenters. The van der Waals surface area contributed by atoms with Gasteiger partial charge >= 0.3 is 0 Å². The average molecular weight is 412 g/mol. The first-order chi connectivity index (χ1) is 15.3. The van der Waals surface area contributed by atoms with Crippen LogP contribution in [-0.4, -0.2) is 32.9 Å². The molecule has 0 amide bonds. The number of aromatic nitrogens is 3. The number of hydrogen-bond acceptors (Lipinski definition) is 6. The fourth-order valence-corrected chi connectivity index (χ4v) is 4.54. The van der Waals surface area contributed by atoms with Crippen molar-refractivity contribution >= 4 is 27.6 Å². The van der Waals surface area contributed by atoms with Gasteiger partial charge in [0.15, 0.2) is 0 Å². The molecule has 5 heterocycles. The van der Waals surface area contributed by atoms with E-state index >= 15 is 0 Å². The molecule has 0 aliphatic carbocycles. The molecule has 0 spiro atoms. The fraction of sp³-hybridized carbons (Fsp3) is 0.250. The van der Waals surface area contributed by atoms with Gasteiger partial charge in [0.1, 0.15) is 5.65 Å². The van der Waals surface area contributed by atoms with Crippen LogP contribution >= 0.6 is 0 Å². The summed E-state index contributed by atoms with van der Waals surface area (Å²) in [5.74, 6) is 0. The van der Waals surface area contributed by atoms with Gasteiger partial charge in [0.2, 0.25) is 0 Å². The smallest absolute Gasteiger partial charge is 0.138 e. The molecule has 1 saturated heterocycles. The SMILES string of the molecule is C1=C(c2cc3c(cn2)[nH]c2ncc(-c4ccc(CN5CCCCC5)cc4)cc23)NNN1. The third kappa shape index (κ3) is 3.52. The van der Waals surface area contributed by atoms with E-state index in [0.717, 1.165) is 45.4 Å². The van der Waals surface area contributed by atoms with Crippen LogP contribution < -0.4 is 16.4 Å². The van der Waals surface area contributed by atoms with Gasteiger partial charge in [0.25, 0.3) is 0 Å². The number of aromatic amines is 1. The molecule has 2 aliphatic heterocycles. The molecule has 0 saturated carbocycles. The second kappa shape index (κ2) is 7.68. The average Bonchev–Trinajstić information content (AvgIpc) is 3.48. The molecule has 2 aliphatic rings. The lowest BCUT2D eigenvalue weighted by Crippen LogP contribution is -2.31. The van der Waals surface area contributed by atoms with Crippen LogP contribution in [0.1, 0.15) is 30.5 Å². The Morgan fingerprint density at radius 2 is 1.74 bits per heavy atom. The van der Waals surface area contributed by atoms with Crippen LogP contribution in [-0.2, 0) is 6.54 Å². The van der Waals surface area contributed by atoms with Gasteiger partial charge in [0, 0.05) is 35.3 Å². The number of fused-ring (bicyclic) bond motifs is 3. The molecule has 3 aromatic heterocycles. The highest BCUT2D eigenvalue weighted by molar-refractivity contribution is 6.07. The fourth-order valence-electron chi connectivity index (χ4n) is 4.54. The van der Waals surface area contributed by atoms with E-state index in [9.17, 15) is 0 Å². The molecule has 6 rings (SSSR count). The van der Waals surface area contributed by atoms with Gasteiger partial charge in [-0.05, 0) is 49.2 Å². The lowest BCUT2D eigenvalue weighted by atomic mass is 10.0. The van der Waals surface area contributed by atoms with Crippen molar-refractivity contribution < 1.29 is 0 Å². The highest BCUT2D eigenvalue weighted by atomic mass is 15.6. The third-order valence-corrected chi connectivity index (χ3v) is 6.24. The number of rotatable bonds is 4. The van der Waals surface area contributed by atoms with Gasteiger partial charge in [-0.15, -0.1) is 0 Å². The van der Waals surface area contributed by atoms with Gasteiger partial charge in [-0.25, -0.2) is 4.98 Å². The summed E-state index contributed by atoms with van der Waals surface area (Å²) in [6.07, 6.45) is 9.69. The van der Waals surface area contributed by atoms with Crippen molar-refractivity contribution in [3.63, 3.8) is 0 Å². The number of H-pyrrole nitrogens is 1. The zero-order valence-corrected chi connectivity index (χ0v) is 17.3. The van der Waals surface area contributed by atoms with Crippen LogP contribution in [0.4, 0.5) is 0 Å². The number of pyridine rings is 2. The highest BCUT2D eigenvalue weighted by Crippen LogP contribution is 2.30. The van der Waals surface area contributed by atoms with Crippen LogP contribution in [0.3, 0.4) is 0 Å². The highest BCUT2D eigenvalue weighted by Gasteiger charge is 2.13. The molecule has 7 heteroatoms. The topological polar surface area (TPSA) is 80.9 Å². The van der Waals surface area contributed by atoms with E-state index in [1.165, 1.54) is 43.5 Å². The number of nitrogens with zero attached hydrogens (tertiary/aromatic N) is 3. The molecule has 31 heavy (non-hydrogen) atoms. The molecule has 0 radical (unpaired) electrons. The summed E-state index contributed by atoms with van der Waals surface area (Å²) in [4.78, 5) is 15.2. The maximum atomic E-state index is 4.69. The zero-order chi connectivity index (χ0) is 20.6. The van der Waals surface area contributed by atoms with Crippen LogP contribution in [0.25, 0.3) is 38.8 Å². The molecule has 0 bridgehead atoms.